The van der Waals surface area contributed by atoms with Crippen LogP contribution in [0.25, 0.3) is 0 Å². The number of para-hydroxylation sites is 2. The number of benzene rings is 4. The molecule has 0 aliphatic carbocycles. The molecular formula is C27H17F9N2O2. The zero-order chi connectivity index (χ0) is 29.3. The first kappa shape index (κ1) is 33.0. The van der Waals surface area contributed by atoms with Gasteiger partial charge in [0, 0.05) is 0 Å². The molecule has 0 bridgehead atoms. The smallest absolute Gasteiger partial charge is 0.205 e. The van der Waals surface area contributed by atoms with Crippen molar-refractivity contribution < 1.29 is 49.4 Å². The van der Waals surface area contributed by atoms with Crippen LogP contribution in [-0.2, 0) is 0 Å². The Morgan fingerprint density at radius 3 is 1.38 bits per heavy atom. The number of aliphatic imine (C=N–C) groups is 1. The van der Waals surface area contributed by atoms with E-state index < -0.39 is 69.4 Å². The Kier molecular flexibility index (Phi) is 12.2. The number of nitriles is 1. The summed E-state index contributed by atoms with van der Waals surface area (Å²) in [4.78, 5) is 2.69. The van der Waals surface area contributed by atoms with Crippen molar-refractivity contribution in [2.45, 2.75) is 7.43 Å². The molecular weight excluding hydrogens is 555 g/mol. The zero-order valence-electron chi connectivity index (χ0n) is 19.1. The van der Waals surface area contributed by atoms with Crippen molar-refractivity contribution in [2.75, 3.05) is 0 Å². The number of ether oxygens (including phenoxy) is 1. The summed E-state index contributed by atoms with van der Waals surface area (Å²) < 4.78 is 121. The summed E-state index contributed by atoms with van der Waals surface area (Å²) in [6.45, 7) is 2.68. The Labute approximate surface area is 221 Å². The summed E-state index contributed by atoms with van der Waals surface area (Å²) in [7, 11) is 0. The number of nitrogens with zero attached hydrogens (tertiary/aromatic N) is 2. The van der Waals surface area contributed by atoms with Gasteiger partial charge in [-0.25, -0.2) is 30.7 Å². The van der Waals surface area contributed by atoms with Gasteiger partial charge in [0.05, 0.1) is 0 Å². The van der Waals surface area contributed by atoms with Crippen LogP contribution >= 0.6 is 0 Å². The van der Waals surface area contributed by atoms with E-state index in [2.05, 4.69) is 11.7 Å². The van der Waals surface area contributed by atoms with Crippen LogP contribution in [0.1, 0.15) is 13.0 Å². The third kappa shape index (κ3) is 7.53. The van der Waals surface area contributed by atoms with E-state index in [9.17, 15) is 39.5 Å². The Hall–Kier alpha value is -4.99. The van der Waals surface area contributed by atoms with Crippen LogP contribution in [0.15, 0.2) is 65.7 Å². The molecule has 1 N–H and O–H groups in total. The van der Waals surface area contributed by atoms with Crippen LogP contribution in [0.2, 0.25) is 0 Å². The molecule has 4 rings (SSSR count). The molecule has 4 aromatic carbocycles. The molecule has 4 aromatic rings. The summed E-state index contributed by atoms with van der Waals surface area (Å²) in [6.07, 6.45) is 0. The molecule has 13 heteroatoms. The Balaban J connectivity index is 0.000000329. The van der Waals surface area contributed by atoms with Crippen LogP contribution in [-0.4, -0.2) is 11.8 Å². The lowest BCUT2D eigenvalue weighted by molar-refractivity contribution is 0.364. The SMILES string of the molecule is C.C=Nc1c(F)c(F)c(F)c(F)c1F.N#Cc1c(F)c(F)c(Oc2ccccc2)c(F)c1F.Oc1ccccc1. The minimum Gasteiger partial charge on any atom is -0.508 e. The third-order valence-corrected chi connectivity index (χ3v) is 4.40. The van der Waals surface area contributed by atoms with E-state index >= 15 is 0 Å². The molecule has 0 fully saturated rings. The van der Waals surface area contributed by atoms with Crippen LogP contribution in [0, 0.1) is 63.7 Å². The summed E-state index contributed by atoms with van der Waals surface area (Å²) >= 11 is 0. The second-order valence-electron chi connectivity index (χ2n) is 6.90. The number of hydrogen-bond donors (Lipinski definition) is 1. The first-order valence-corrected chi connectivity index (χ1v) is 10.2. The zero-order valence-corrected chi connectivity index (χ0v) is 19.1. The van der Waals surface area contributed by atoms with Gasteiger partial charge in [-0.3, -0.25) is 4.99 Å². The number of rotatable bonds is 3. The lowest BCUT2D eigenvalue weighted by atomic mass is 10.2. The number of phenols is 1. The highest BCUT2D eigenvalue weighted by atomic mass is 19.2. The first-order chi connectivity index (χ1) is 18.5. The predicted molar refractivity (Wildman–Crippen MR) is 128 cm³/mol. The summed E-state index contributed by atoms with van der Waals surface area (Å²) in [5.41, 5.74) is -2.59. The van der Waals surface area contributed by atoms with Crippen molar-refractivity contribution >= 4 is 12.4 Å². The molecule has 0 saturated heterocycles. The highest BCUT2D eigenvalue weighted by Gasteiger charge is 2.27. The summed E-state index contributed by atoms with van der Waals surface area (Å²) in [5.74, 6) is -18.2. The lowest BCUT2D eigenvalue weighted by Gasteiger charge is -2.09. The minimum atomic E-state index is -2.21. The number of hydrogen-bond acceptors (Lipinski definition) is 4. The fraction of sp³-hybridized carbons (Fsp3) is 0.0370. The van der Waals surface area contributed by atoms with Crippen molar-refractivity contribution in [3.8, 4) is 23.3 Å². The summed E-state index contributed by atoms with van der Waals surface area (Å²) in [5, 5.41) is 17.1. The maximum absolute atomic E-state index is 13.5. The molecule has 0 aliphatic rings. The Morgan fingerprint density at radius 2 is 1.02 bits per heavy atom. The normalized spacial score (nSPS) is 9.60. The molecule has 0 aliphatic heterocycles. The van der Waals surface area contributed by atoms with Crippen molar-refractivity contribution in [3.63, 3.8) is 0 Å². The highest BCUT2D eigenvalue weighted by Crippen LogP contribution is 2.33. The van der Waals surface area contributed by atoms with E-state index in [1.165, 1.54) is 24.3 Å². The van der Waals surface area contributed by atoms with Crippen molar-refractivity contribution in [1.82, 2.24) is 0 Å². The van der Waals surface area contributed by atoms with Gasteiger partial charge >= 0.3 is 0 Å². The fourth-order valence-corrected chi connectivity index (χ4v) is 2.57. The molecule has 0 amide bonds. The van der Waals surface area contributed by atoms with Crippen molar-refractivity contribution in [1.29, 1.82) is 5.26 Å². The van der Waals surface area contributed by atoms with Crippen LogP contribution in [0.5, 0.6) is 17.2 Å². The largest absolute Gasteiger partial charge is 0.508 e. The topological polar surface area (TPSA) is 65.6 Å². The van der Waals surface area contributed by atoms with Crippen molar-refractivity contribution in [3.05, 3.63) is 119 Å². The molecule has 0 heterocycles. The second kappa shape index (κ2) is 14.8. The van der Waals surface area contributed by atoms with Gasteiger partial charge in [0.2, 0.25) is 23.2 Å². The van der Waals surface area contributed by atoms with Crippen LogP contribution < -0.4 is 4.74 Å². The van der Waals surface area contributed by atoms with E-state index in [1.54, 1.807) is 30.3 Å². The lowest BCUT2D eigenvalue weighted by Crippen LogP contribution is -2.03. The Morgan fingerprint density at radius 1 is 0.625 bits per heavy atom. The number of aromatic hydroxyl groups is 1. The molecule has 0 unspecified atom stereocenters. The predicted octanol–water partition coefficient (Wildman–Crippen LogP) is 8.65. The van der Waals surface area contributed by atoms with Gasteiger partial charge in [-0.05, 0) is 31.0 Å². The highest BCUT2D eigenvalue weighted by molar-refractivity contribution is 5.48. The third-order valence-electron chi connectivity index (χ3n) is 4.40. The van der Waals surface area contributed by atoms with Gasteiger partial charge in [-0.15, -0.1) is 0 Å². The van der Waals surface area contributed by atoms with Gasteiger partial charge in [-0.1, -0.05) is 43.8 Å². The van der Waals surface area contributed by atoms with Crippen molar-refractivity contribution in [2.24, 2.45) is 4.99 Å². The average molecular weight is 572 g/mol. The van der Waals surface area contributed by atoms with Gasteiger partial charge < -0.3 is 9.84 Å². The maximum Gasteiger partial charge on any atom is 0.205 e. The van der Waals surface area contributed by atoms with E-state index in [1.807, 2.05) is 6.07 Å². The molecule has 4 nitrogen and oxygen atoms in total. The molecule has 40 heavy (non-hydrogen) atoms. The quantitative estimate of drug-likeness (QED) is 0.116. The van der Waals surface area contributed by atoms with Gasteiger partial charge in [0.15, 0.2) is 34.9 Å². The first-order valence-electron chi connectivity index (χ1n) is 10.2. The van der Waals surface area contributed by atoms with Gasteiger partial charge in [0.25, 0.3) is 0 Å². The maximum atomic E-state index is 13.5. The molecule has 210 valence electrons. The fourth-order valence-electron chi connectivity index (χ4n) is 2.57. The molecule has 0 aromatic heterocycles. The van der Waals surface area contributed by atoms with Crippen LogP contribution in [0.4, 0.5) is 45.2 Å². The van der Waals surface area contributed by atoms with Crippen LogP contribution in [0.3, 0.4) is 0 Å². The number of halogens is 9. The second-order valence-corrected chi connectivity index (χ2v) is 6.90. The standard InChI is InChI=1S/C13H5F4NO.C7H2F5N.C6H6O.CH4/c14-9-8(6-18)10(15)12(17)13(11(9)16)19-7-4-2-1-3-5-7;1-13-7-5(11)3(9)2(8)4(10)6(7)12;7-6-4-2-1-3-5-6;/h1-5H;1H2;1-5,7H;1H4. The van der Waals surface area contributed by atoms with Gasteiger partial charge in [0.1, 0.15) is 28.8 Å². The molecule has 0 spiro atoms. The van der Waals surface area contributed by atoms with E-state index in [-0.39, 0.29) is 13.2 Å². The minimum absolute atomic E-state index is 0. The molecule has 0 atom stereocenters. The molecule has 0 radical (unpaired) electrons. The average Bonchev–Trinajstić information content (AvgIpc) is 2.94. The Bertz CT molecular complexity index is 1450. The molecule has 0 saturated carbocycles. The van der Waals surface area contributed by atoms with Gasteiger partial charge in [-0.2, -0.15) is 14.0 Å². The number of phenolic OH excluding ortho intramolecular Hbond substituents is 1. The summed E-state index contributed by atoms with van der Waals surface area (Å²) in [6, 6.07) is 17.1. The monoisotopic (exact) mass is 572 g/mol. The van der Waals surface area contributed by atoms with E-state index in [4.69, 9.17) is 15.1 Å². The van der Waals surface area contributed by atoms with E-state index in [0.717, 1.165) is 6.07 Å². The van der Waals surface area contributed by atoms with E-state index in [0.29, 0.717) is 5.75 Å².